The van der Waals surface area contributed by atoms with Gasteiger partial charge in [0.15, 0.2) is 0 Å². The van der Waals surface area contributed by atoms with Crippen LogP contribution in [0.4, 0.5) is 0 Å². The third-order valence-electron chi connectivity index (χ3n) is 3.52. The average Bonchev–Trinajstić information content (AvgIpc) is 2.07. The maximum atomic E-state index is 11.2. The molecule has 2 atom stereocenters. The maximum Gasteiger partial charge on any atom is 0.228 e. The number of hydrogen-bond donors (Lipinski definition) is 2. The predicted octanol–water partition coefficient (Wildman–Crippen LogP) is 1.48. The van der Waals surface area contributed by atoms with E-state index in [-0.39, 0.29) is 17.3 Å². The van der Waals surface area contributed by atoms with Crippen LogP contribution in [0, 0.1) is 0 Å². The van der Waals surface area contributed by atoms with Crippen molar-refractivity contribution in [2.45, 2.75) is 43.4 Å². The van der Waals surface area contributed by atoms with E-state index in [2.05, 4.69) is 0 Å². The molecule has 0 spiro atoms. The molecule has 5 heteroatoms. The van der Waals surface area contributed by atoms with E-state index in [0.717, 1.165) is 0 Å². The first-order valence-corrected chi connectivity index (χ1v) is 5.99. The van der Waals surface area contributed by atoms with Crippen molar-refractivity contribution in [2.75, 3.05) is 0 Å². The van der Waals surface area contributed by atoms with Gasteiger partial charge in [-0.15, -0.1) is 0 Å². The predicted molar refractivity (Wildman–Crippen MR) is 51.6 cm³/mol. The Morgan fingerprint density at radius 2 is 2.08 bits per heavy atom. The van der Waals surface area contributed by atoms with Crippen molar-refractivity contribution in [3.8, 4) is 0 Å². The fraction of sp³-hybridized carbons (Fsp3) is 0.875. The van der Waals surface area contributed by atoms with Crippen LogP contribution >= 0.6 is 10.6 Å². The summed E-state index contributed by atoms with van der Waals surface area (Å²) in [5.41, 5.74) is 0. The maximum absolute atomic E-state index is 11.2. The van der Waals surface area contributed by atoms with E-state index in [1.54, 1.807) is 4.90 Å². The fourth-order valence-electron chi connectivity index (χ4n) is 2.08. The second-order valence-electron chi connectivity index (χ2n) is 4.33. The lowest BCUT2D eigenvalue weighted by atomic mass is 10.0. The molecule has 2 fully saturated rings. The van der Waals surface area contributed by atoms with Crippen molar-refractivity contribution in [2.24, 2.45) is 0 Å². The van der Waals surface area contributed by atoms with Crippen molar-refractivity contribution in [3.05, 3.63) is 0 Å². The van der Waals surface area contributed by atoms with E-state index in [1.807, 2.05) is 20.8 Å². The summed E-state index contributed by atoms with van der Waals surface area (Å²) >= 11 is 0. The Labute approximate surface area is 79.3 Å². The number of β-lactam (4-membered cyclic amide) rings is 1. The van der Waals surface area contributed by atoms with Crippen LogP contribution in [0.2, 0.25) is 0 Å². The summed E-state index contributed by atoms with van der Waals surface area (Å²) in [6.45, 7) is 5.52. The molecule has 76 valence electrons. The number of amides is 1. The molecule has 2 heterocycles. The molecule has 0 aliphatic carbocycles. The molecule has 0 bridgehead atoms. The highest BCUT2D eigenvalue weighted by Gasteiger charge is 2.63. The molecule has 2 N–H and O–H groups in total. The lowest BCUT2D eigenvalue weighted by Crippen LogP contribution is -2.52. The normalized spacial score (nSPS) is 42.5. The second-order valence-corrected chi connectivity index (χ2v) is 7.11. The van der Waals surface area contributed by atoms with Crippen molar-refractivity contribution in [1.82, 2.24) is 4.90 Å². The molecular formula is C8H15NO3S. The summed E-state index contributed by atoms with van der Waals surface area (Å²) in [5.74, 6) is 0.0445. The molecule has 0 aromatic rings. The molecular weight excluding hydrogens is 190 g/mol. The Bertz CT molecular complexity index is 261. The minimum absolute atomic E-state index is 0.0445. The Morgan fingerprint density at radius 1 is 1.54 bits per heavy atom. The highest BCUT2D eigenvalue weighted by atomic mass is 32.3. The zero-order valence-electron chi connectivity index (χ0n) is 8.02. The Hall–Kier alpha value is -0.260. The Kier molecular flexibility index (Phi) is 1.58. The van der Waals surface area contributed by atoms with Crippen LogP contribution < -0.4 is 0 Å². The number of carbonyl (C=O) groups is 1. The number of carbonyl (C=O) groups excluding carboxylic acids is 1. The van der Waals surface area contributed by atoms with Crippen molar-refractivity contribution >= 4 is 16.5 Å². The van der Waals surface area contributed by atoms with Crippen LogP contribution in [0.5, 0.6) is 0 Å². The lowest BCUT2D eigenvalue weighted by Gasteiger charge is -2.46. The van der Waals surface area contributed by atoms with E-state index in [4.69, 9.17) is 0 Å². The summed E-state index contributed by atoms with van der Waals surface area (Å²) in [5, 5.41) is -0.315. The number of nitrogens with zero attached hydrogens (tertiary/aromatic N) is 1. The molecule has 4 nitrogen and oxygen atoms in total. The van der Waals surface area contributed by atoms with Crippen molar-refractivity contribution < 1.29 is 13.9 Å². The largest absolute Gasteiger partial charge is 0.317 e. The van der Waals surface area contributed by atoms with Gasteiger partial charge < -0.3 is 4.90 Å². The van der Waals surface area contributed by atoms with Gasteiger partial charge >= 0.3 is 0 Å². The molecule has 2 saturated heterocycles. The lowest BCUT2D eigenvalue weighted by molar-refractivity contribution is -0.143. The van der Waals surface area contributed by atoms with Crippen LogP contribution in [0.1, 0.15) is 27.2 Å². The van der Waals surface area contributed by atoms with Crippen LogP contribution in [-0.2, 0) is 4.79 Å². The third-order valence-corrected chi connectivity index (χ3v) is 6.57. The summed E-state index contributed by atoms with van der Waals surface area (Å²) in [7, 11) is -2.64. The quantitative estimate of drug-likeness (QED) is 0.589. The molecule has 2 aliphatic heterocycles. The molecule has 13 heavy (non-hydrogen) atoms. The molecule has 0 aromatic heterocycles. The highest BCUT2D eigenvalue weighted by molar-refractivity contribution is 8.26. The smallest absolute Gasteiger partial charge is 0.228 e. The fourth-order valence-corrected chi connectivity index (χ4v) is 4.39. The first kappa shape index (κ1) is 9.30. The number of fused-ring (bicyclic) bond motifs is 1. The van der Waals surface area contributed by atoms with Gasteiger partial charge in [0.25, 0.3) is 0 Å². The molecule has 0 aromatic carbocycles. The van der Waals surface area contributed by atoms with Gasteiger partial charge in [0, 0.05) is 0 Å². The van der Waals surface area contributed by atoms with Gasteiger partial charge in [-0.1, -0.05) is 0 Å². The minimum atomic E-state index is -2.64. The molecule has 2 aliphatic rings. The SMILES string of the molecule is CC1N2C(=O)CC2S(O)(O)C1(C)C. The minimum Gasteiger partial charge on any atom is -0.317 e. The van der Waals surface area contributed by atoms with E-state index < -0.39 is 15.3 Å². The Morgan fingerprint density at radius 3 is 2.38 bits per heavy atom. The summed E-state index contributed by atoms with van der Waals surface area (Å²) in [6, 6.07) is -0.0660. The molecule has 2 unspecified atom stereocenters. The van der Waals surface area contributed by atoms with Crippen LogP contribution in [-0.4, -0.2) is 36.1 Å². The molecule has 0 radical (unpaired) electrons. The number of hydrogen-bond acceptors (Lipinski definition) is 3. The molecule has 2 rings (SSSR count). The average molecular weight is 205 g/mol. The summed E-state index contributed by atoms with van der Waals surface area (Å²) < 4.78 is 19.3. The van der Waals surface area contributed by atoms with Crippen molar-refractivity contribution in [1.29, 1.82) is 0 Å². The first-order chi connectivity index (χ1) is 5.80. The van der Waals surface area contributed by atoms with Gasteiger partial charge in [-0.3, -0.25) is 13.9 Å². The van der Waals surface area contributed by atoms with Gasteiger partial charge in [-0.2, -0.15) is 10.6 Å². The summed E-state index contributed by atoms with van der Waals surface area (Å²) in [4.78, 5) is 12.8. The zero-order chi connectivity index (χ0) is 10.0. The third kappa shape index (κ3) is 0.825. The van der Waals surface area contributed by atoms with Crippen LogP contribution in [0.3, 0.4) is 0 Å². The van der Waals surface area contributed by atoms with Gasteiger partial charge in [-0.05, 0) is 20.8 Å². The summed E-state index contributed by atoms with van der Waals surface area (Å²) in [6.07, 6.45) is 0.302. The van der Waals surface area contributed by atoms with E-state index in [0.29, 0.717) is 6.42 Å². The van der Waals surface area contributed by atoms with Crippen LogP contribution in [0.15, 0.2) is 0 Å². The topological polar surface area (TPSA) is 60.8 Å². The Balaban J connectivity index is 2.40. The monoisotopic (exact) mass is 205 g/mol. The van der Waals surface area contributed by atoms with E-state index in [1.165, 1.54) is 0 Å². The van der Waals surface area contributed by atoms with Crippen molar-refractivity contribution in [3.63, 3.8) is 0 Å². The number of rotatable bonds is 0. The highest BCUT2D eigenvalue weighted by Crippen LogP contribution is 2.68. The van der Waals surface area contributed by atoms with Crippen LogP contribution in [0.25, 0.3) is 0 Å². The van der Waals surface area contributed by atoms with Gasteiger partial charge in [0.1, 0.15) is 5.37 Å². The molecule has 0 saturated carbocycles. The zero-order valence-corrected chi connectivity index (χ0v) is 8.84. The molecule has 1 amide bonds. The van der Waals surface area contributed by atoms with Gasteiger partial charge in [0.2, 0.25) is 5.91 Å². The van der Waals surface area contributed by atoms with E-state index >= 15 is 0 Å². The van der Waals surface area contributed by atoms with E-state index in [9.17, 15) is 13.9 Å². The standard InChI is InChI=1S/C8H15NO3S/c1-5-8(2,3)13(11,12)7-4-6(10)9(5)7/h5,7,11-12H,4H2,1-3H3. The van der Waals surface area contributed by atoms with Gasteiger partial charge in [-0.25, -0.2) is 0 Å². The van der Waals surface area contributed by atoms with Gasteiger partial charge in [0.05, 0.1) is 17.2 Å². The second kappa shape index (κ2) is 2.21. The first-order valence-electron chi connectivity index (χ1n) is 4.38.